The number of hydrogen-bond donors (Lipinski definition) is 1. The SMILES string of the molecule is Cn1cc(-c2nc3cc(Br)c(F)cc3[nH]2)cn1. The summed E-state index contributed by atoms with van der Waals surface area (Å²) in [5.74, 6) is 0.379. The molecule has 86 valence electrons. The summed E-state index contributed by atoms with van der Waals surface area (Å²) in [5, 5.41) is 4.07. The molecule has 0 bridgehead atoms. The quantitative estimate of drug-likeness (QED) is 0.750. The Labute approximate surface area is 105 Å². The Balaban J connectivity index is 2.19. The molecule has 3 aromatic rings. The number of aryl methyl sites for hydroxylation is 1. The van der Waals surface area contributed by atoms with Gasteiger partial charge in [0.2, 0.25) is 0 Å². The number of H-pyrrole nitrogens is 1. The maximum atomic E-state index is 13.4. The first-order valence-electron chi connectivity index (χ1n) is 4.97. The van der Waals surface area contributed by atoms with E-state index in [9.17, 15) is 4.39 Å². The van der Waals surface area contributed by atoms with Gasteiger partial charge in [-0.25, -0.2) is 9.37 Å². The molecule has 2 aromatic heterocycles. The smallest absolute Gasteiger partial charge is 0.141 e. The van der Waals surface area contributed by atoms with Gasteiger partial charge in [-0.3, -0.25) is 4.68 Å². The first-order chi connectivity index (χ1) is 8.13. The largest absolute Gasteiger partial charge is 0.338 e. The van der Waals surface area contributed by atoms with Crippen LogP contribution in [0.5, 0.6) is 0 Å². The van der Waals surface area contributed by atoms with Crippen LogP contribution in [0, 0.1) is 5.82 Å². The lowest BCUT2D eigenvalue weighted by atomic mass is 10.3. The fourth-order valence-corrected chi connectivity index (χ4v) is 2.02. The second kappa shape index (κ2) is 3.66. The molecule has 4 nitrogen and oxygen atoms in total. The molecule has 0 saturated heterocycles. The van der Waals surface area contributed by atoms with Gasteiger partial charge in [0.1, 0.15) is 11.6 Å². The van der Waals surface area contributed by atoms with E-state index in [4.69, 9.17) is 0 Å². The molecule has 6 heteroatoms. The molecule has 1 N–H and O–H groups in total. The Morgan fingerprint density at radius 3 is 2.94 bits per heavy atom. The fraction of sp³-hybridized carbons (Fsp3) is 0.0909. The molecule has 0 aliphatic carbocycles. The van der Waals surface area contributed by atoms with E-state index in [0.717, 1.165) is 11.1 Å². The first kappa shape index (κ1) is 10.5. The summed E-state index contributed by atoms with van der Waals surface area (Å²) in [6.07, 6.45) is 3.56. The van der Waals surface area contributed by atoms with Gasteiger partial charge < -0.3 is 4.98 Å². The Morgan fingerprint density at radius 1 is 1.41 bits per heavy atom. The molecule has 0 aliphatic heterocycles. The molecule has 0 spiro atoms. The summed E-state index contributed by atoms with van der Waals surface area (Å²) in [7, 11) is 1.84. The summed E-state index contributed by atoms with van der Waals surface area (Å²) in [6, 6.07) is 3.08. The maximum Gasteiger partial charge on any atom is 0.141 e. The van der Waals surface area contributed by atoms with Crippen molar-refractivity contribution in [1.82, 2.24) is 19.7 Å². The minimum atomic E-state index is -0.307. The predicted molar refractivity (Wildman–Crippen MR) is 66.0 cm³/mol. The lowest BCUT2D eigenvalue weighted by Crippen LogP contribution is -1.84. The molecular weight excluding hydrogens is 287 g/mol. The second-order valence-corrected chi connectivity index (χ2v) is 4.63. The average molecular weight is 295 g/mol. The van der Waals surface area contributed by atoms with E-state index < -0.39 is 0 Å². The standard InChI is InChI=1S/C11H8BrFN4/c1-17-5-6(4-14-17)11-15-9-2-7(12)8(13)3-10(9)16-11/h2-5H,1H3,(H,15,16). The number of rotatable bonds is 1. The first-order valence-corrected chi connectivity index (χ1v) is 5.76. The number of benzene rings is 1. The Hall–Kier alpha value is -1.69. The lowest BCUT2D eigenvalue weighted by molar-refractivity contribution is 0.623. The number of nitrogens with zero attached hydrogens (tertiary/aromatic N) is 3. The molecule has 1 aromatic carbocycles. The summed E-state index contributed by atoms with van der Waals surface area (Å²) in [6.45, 7) is 0. The zero-order valence-corrected chi connectivity index (χ0v) is 10.5. The number of aromatic amines is 1. The Morgan fingerprint density at radius 2 is 2.24 bits per heavy atom. The third-order valence-electron chi connectivity index (χ3n) is 2.50. The van der Waals surface area contributed by atoms with Crippen molar-refractivity contribution in [3.05, 3.63) is 34.8 Å². The van der Waals surface area contributed by atoms with Gasteiger partial charge in [0.05, 0.1) is 27.3 Å². The molecule has 0 aliphatic rings. The van der Waals surface area contributed by atoms with Gasteiger partial charge in [-0.05, 0) is 22.0 Å². The van der Waals surface area contributed by atoms with Crippen LogP contribution in [0.25, 0.3) is 22.4 Å². The molecule has 0 radical (unpaired) electrons. The highest BCUT2D eigenvalue weighted by molar-refractivity contribution is 9.10. The van der Waals surface area contributed by atoms with Crippen LogP contribution in [-0.2, 0) is 7.05 Å². The van der Waals surface area contributed by atoms with Gasteiger partial charge in [0, 0.05) is 19.3 Å². The molecular formula is C11H8BrFN4. The summed E-state index contributed by atoms with van der Waals surface area (Å²) < 4.78 is 15.5. The van der Waals surface area contributed by atoms with E-state index in [1.165, 1.54) is 6.07 Å². The molecule has 0 amide bonds. The second-order valence-electron chi connectivity index (χ2n) is 3.77. The van der Waals surface area contributed by atoms with Crippen LogP contribution in [0.1, 0.15) is 0 Å². The van der Waals surface area contributed by atoms with E-state index in [1.807, 2.05) is 13.2 Å². The Kier molecular flexibility index (Phi) is 2.25. The van der Waals surface area contributed by atoms with Crippen molar-refractivity contribution in [3.8, 4) is 11.4 Å². The molecule has 0 fully saturated rings. The monoisotopic (exact) mass is 294 g/mol. The number of aromatic nitrogens is 4. The molecule has 0 atom stereocenters. The van der Waals surface area contributed by atoms with Gasteiger partial charge in [-0.2, -0.15) is 5.10 Å². The summed E-state index contributed by atoms with van der Waals surface area (Å²) in [5.41, 5.74) is 2.27. The third-order valence-corrected chi connectivity index (χ3v) is 3.11. The normalized spacial score (nSPS) is 11.2. The van der Waals surface area contributed by atoms with Gasteiger partial charge in [-0.15, -0.1) is 0 Å². The lowest BCUT2D eigenvalue weighted by Gasteiger charge is -1.92. The number of imidazole rings is 1. The summed E-state index contributed by atoms with van der Waals surface area (Å²) >= 11 is 3.14. The molecule has 0 saturated carbocycles. The fourth-order valence-electron chi connectivity index (χ4n) is 1.69. The predicted octanol–water partition coefficient (Wildman–Crippen LogP) is 2.87. The zero-order chi connectivity index (χ0) is 12.0. The number of hydrogen-bond acceptors (Lipinski definition) is 2. The highest BCUT2D eigenvalue weighted by Gasteiger charge is 2.09. The average Bonchev–Trinajstić information content (AvgIpc) is 2.85. The topological polar surface area (TPSA) is 46.5 Å². The highest BCUT2D eigenvalue weighted by atomic mass is 79.9. The van der Waals surface area contributed by atoms with Crippen molar-refractivity contribution < 1.29 is 4.39 Å². The minimum absolute atomic E-state index is 0.307. The van der Waals surface area contributed by atoms with Crippen LogP contribution in [0.4, 0.5) is 4.39 Å². The minimum Gasteiger partial charge on any atom is -0.338 e. The molecule has 2 heterocycles. The van der Waals surface area contributed by atoms with Crippen molar-refractivity contribution >= 4 is 27.0 Å². The molecule has 3 rings (SSSR count). The van der Waals surface area contributed by atoms with Crippen LogP contribution < -0.4 is 0 Å². The molecule has 0 unspecified atom stereocenters. The number of nitrogens with one attached hydrogen (secondary N) is 1. The van der Waals surface area contributed by atoms with Crippen LogP contribution in [0.2, 0.25) is 0 Å². The molecule has 17 heavy (non-hydrogen) atoms. The van der Waals surface area contributed by atoms with E-state index in [0.29, 0.717) is 15.8 Å². The van der Waals surface area contributed by atoms with Gasteiger partial charge in [-0.1, -0.05) is 0 Å². The van der Waals surface area contributed by atoms with Gasteiger partial charge >= 0.3 is 0 Å². The van der Waals surface area contributed by atoms with E-state index in [1.54, 1.807) is 16.9 Å². The maximum absolute atomic E-state index is 13.4. The number of fused-ring (bicyclic) bond motifs is 1. The van der Waals surface area contributed by atoms with Crippen molar-refractivity contribution in [3.63, 3.8) is 0 Å². The van der Waals surface area contributed by atoms with Crippen LogP contribution in [-0.4, -0.2) is 19.7 Å². The summed E-state index contributed by atoms with van der Waals surface area (Å²) in [4.78, 5) is 7.46. The third kappa shape index (κ3) is 1.74. The van der Waals surface area contributed by atoms with Gasteiger partial charge in [0.25, 0.3) is 0 Å². The van der Waals surface area contributed by atoms with Crippen molar-refractivity contribution in [2.24, 2.45) is 7.05 Å². The highest BCUT2D eigenvalue weighted by Crippen LogP contribution is 2.24. The van der Waals surface area contributed by atoms with E-state index in [2.05, 4.69) is 31.0 Å². The van der Waals surface area contributed by atoms with Crippen molar-refractivity contribution in [2.75, 3.05) is 0 Å². The van der Waals surface area contributed by atoms with E-state index >= 15 is 0 Å². The van der Waals surface area contributed by atoms with E-state index in [-0.39, 0.29) is 5.82 Å². The number of halogens is 2. The van der Waals surface area contributed by atoms with Crippen LogP contribution in [0.15, 0.2) is 29.0 Å². The zero-order valence-electron chi connectivity index (χ0n) is 8.91. The van der Waals surface area contributed by atoms with Crippen LogP contribution in [0.3, 0.4) is 0 Å². The van der Waals surface area contributed by atoms with Gasteiger partial charge in [0.15, 0.2) is 0 Å². The van der Waals surface area contributed by atoms with Crippen molar-refractivity contribution in [2.45, 2.75) is 0 Å². The Bertz CT molecular complexity index is 662. The van der Waals surface area contributed by atoms with Crippen LogP contribution >= 0.6 is 15.9 Å². The van der Waals surface area contributed by atoms with Crippen molar-refractivity contribution in [1.29, 1.82) is 0 Å².